The summed E-state index contributed by atoms with van der Waals surface area (Å²) < 4.78 is 0. The third-order valence-corrected chi connectivity index (χ3v) is 3.74. The lowest BCUT2D eigenvalue weighted by molar-refractivity contribution is 0.169. The Balaban J connectivity index is 1.98. The Morgan fingerprint density at radius 2 is 2.11 bits per heavy atom. The van der Waals surface area contributed by atoms with Gasteiger partial charge in [-0.25, -0.2) is 0 Å². The van der Waals surface area contributed by atoms with Gasteiger partial charge in [0, 0.05) is 19.7 Å². The normalized spacial score (nSPS) is 18.9. The Hall–Kier alpha value is -1.13. The zero-order chi connectivity index (χ0) is 13.0. The fourth-order valence-corrected chi connectivity index (χ4v) is 2.36. The molecule has 0 radical (unpaired) electrons. The van der Waals surface area contributed by atoms with Crippen LogP contribution in [-0.4, -0.2) is 34.9 Å². The lowest BCUT2D eigenvalue weighted by Crippen LogP contribution is -2.34. The predicted molar refractivity (Wildman–Crippen MR) is 71.5 cm³/mol. The lowest BCUT2D eigenvalue weighted by atomic mass is 9.97. The molecular formula is C14H22N2O2. The second-order valence-corrected chi connectivity index (χ2v) is 4.98. The van der Waals surface area contributed by atoms with Gasteiger partial charge in [0.15, 0.2) is 0 Å². The molecule has 0 bridgehead atoms. The quantitative estimate of drug-likeness (QED) is 0.854. The summed E-state index contributed by atoms with van der Waals surface area (Å²) in [6, 6.07) is 3.93. The topological polar surface area (TPSA) is 56.6 Å². The number of aromatic nitrogens is 1. The molecule has 0 spiro atoms. The molecule has 2 rings (SSSR count). The van der Waals surface area contributed by atoms with Gasteiger partial charge in [-0.15, -0.1) is 0 Å². The number of rotatable bonds is 4. The van der Waals surface area contributed by atoms with E-state index < -0.39 is 6.10 Å². The standard InChI is InChI=1S/C14H22N2O2/c1-2-14(18)13-4-3-12(9-15-13)16-7-5-11(10-17)6-8-16/h3-4,9,11,14,17-18H,2,5-8,10H2,1H3/t14-/m0/s1. The molecule has 18 heavy (non-hydrogen) atoms. The van der Waals surface area contributed by atoms with Crippen molar-refractivity contribution >= 4 is 5.69 Å². The van der Waals surface area contributed by atoms with E-state index in [0.29, 0.717) is 18.9 Å². The summed E-state index contributed by atoms with van der Waals surface area (Å²) in [5.74, 6) is 0.454. The molecule has 1 aromatic heterocycles. The summed E-state index contributed by atoms with van der Waals surface area (Å²) in [7, 11) is 0. The maximum Gasteiger partial charge on any atom is 0.0957 e. The number of pyridine rings is 1. The molecule has 1 fully saturated rings. The van der Waals surface area contributed by atoms with Crippen LogP contribution in [-0.2, 0) is 0 Å². The maximum absolute atomic E-state index is 9.69. The van der Waals surface area contributed by atoms with E-state index in [-0.39, 0.29) is 0 Å². The smallest absolute Gasteiger partial charge is 0.0957 e. The highest BCUT2D eigenvalue weighted by molar-refractivity contribution is 5.45. The van der Waals surface area contributed by atoms with Crippen molar-refractivity contribution in [3.63, 3.8) is 0 Å². The van der Waals surface area contributed by atoms with Crippen LogP contribution in [0, 0.1) is 5.92 Å². The van der Waals surface area contributed by atoms with Crippen molar-refractivity contribution in [2.24, 2.45) is 5.92 Å². The van der Waals surface area contributed by atoms with E-state index in [9.17, 15) is 5.11 Å². The summed E-state index contributed by atoms with van der Waals surface area (Å²) in [6.07, 6.45) is 4.15. The SMILES string of the molecule is CC[C@H](O)c1ccc(N2CCC(CO)CC2)cn1. The monoisotopic (exact) mass is 250 g/mol. The van der Waals surface area contributed by atoms with Crippen LogP contribution in [0.25, 0.3) is 0 Å². The zero-order valence-electron chi connectivity index (χ0n) is 10.9. The van der Waals surface area contributed by atoms with Gasteiger partial charge in [-0.05, 0) is 37.3 Å². The molecule has 1 atom stereocenters. The zero-order valence-corrected chi connectivity index (χ0v) is 10.9. The molecule has 1 aromatic rings. The van der Waals surface area contributed by atoms with Crippen LogP contribution >= 0.6 is 0 Å². The van der Waals surface area contributed by atoms with Gasteiger partial charge in [-0.3, -0.25) is 4.98 Å². The molecule has 4 nitrogen and oxygen atoms in total. The number of piperidine rings is 1. The molecule has 2 N–H and O–H groups in total. The van der Waals surface area contributed by atoms with Gasteiger partial charge in [0.25, 0.3) is 0 Å². The average molecular weight is 250 g/mol. The molecule has 0 unspecified atom stereocenters. The molecule has 0 aromatic carbocycles. The molecule has 1 saturated heterocycles. The summed E-state index contributed by atoms with van der Waals surface area (Å²) in [6.45, 7) is 4.19. The third kappa shape index (κ3) is 3.00. The van der Waals surface area contributed by atoms with Crippen LogP contribution in [0.3, 0.4) is 0 Å². The van der Waals surface area contributed by atoms with Crippen molar-refractivity contribution in [1.82, 2.24) is 4.98 Å². The van der Waals surface area contributed by atoms with Crippen LogP contribution < -0.4 is 4.90 Å². The van der Waals surface area contributed by atoms with E-state index in [1.165, 1.54) is 0 Å². The van der Waals surface area contributed by atoms with Crippen molar-refractivity contribution in [2.75, 3.05) is 24.6 Å². The molecule has 0 amide bonds. The minimum Gasteiger partial charge on any atom is -0.396 e. The number of anilines is 1. The van der Waals surface area contributed by atoms with Crippen LogP contribution in [0.1, 0.15) is 38.0 Å². The number of aliphatic hydroxyl groups is 2. The summed E-state index contributed by atoms with van der Waals surface area (Å²) in [4.78, 5) is 6.62. The van der Waals surface area contributed by atoms with Crippen LogP contribution in [0.15, 0.2) is 18.3 Å². The second-order valence-electron chi connectivity index (χ2n) is 4.98. The third-order valence-electron chi connectivity index (χ3n) is 3.74. The highest BCUT2D eigenvalue weighted by atomic mass is 16.3. The largest absolute Gasteiger partial charge is 0.396 e. The second kappa shape index (κ2) is 6.16. The van der Waals surface area contributed by atoms with Crippen LogP contribution in [0.4, 0.5) is 5.69 Å². The van der Waals surface area contributed by atoms with Gasteiger partial charge in [0.1, 0.15) is 0 Å². The first-order valence-electron chi connectivity index (χ1n) is 6.74. The van der Waals surface area contributed by atoms with Gasteiger partial charge < -0.3 is 15.1 Å². The van der Waals surface area contributed by atoms with Crippen molar-refractivity contribution in [3.8, 4) is 0 Å². The molecule has 1 aliphatic heterocycles. The molecule has 4 heteroatoms. The molecule has 0 aliphatic carbocycles. The molecule has 100 valence electrons. The minimum absolute atomic E-state index is 0.299. The minimum atomic E-state index is -0.459. The Morgan fingerprint density at radius 3 is 2.61 bits per heavy atom. The van der Waals surface area contributed by atoms with E-state index in [4.69, 9.17) is 5.11 Å². The first-order valence-corrected chi connectivity index (χ1v) is 6.74. The molecule has 2 heterocycles. The van der Waals surface area contributed by atoms with Gasteiger partial charge in [0.2, 0.25) is 0 Å². The van der Waals surface area contributed by atoms with E-state index in [1.54, 1.807) is 0 Å². The van der Waals surface area contributed by atoms with E-state index in [2.05, 4.69) is 9.88 Å². The Kier molecular flexibility index (Phi) is 4.55. The van der Waals surface area contributed by atoms with Crippen molar-refractivity contribution < 1.29 is 10.2 Å². The van der Waals surface area contributed by atoms with Crippen molar-refractivity contribution in [2.45, 2.75) is 32.3 Å². The Bertz CT molecular complexity index is 359. The van der Waals surface area contributed by atoms with Crippen LogP contribution in [0.5, 0.6) is 0 Å². The van der Waals surface area contributed by atoms with Gasteiger partial charge in [-0.1, -0.05) is 6.92 Å². The number of aliphatic hydroxyl groups excluding tert-OH is 2. The van der Waals surface area contributed by atoms with Crippen molar-refractivity contribution in [1.29, 1.82) is 0 Å². The lowest BCUT2D eigenvalue weighted by Gasteiger charge is -2.32. The Labute approximate surface area is 108 Å². The van der Waals surface area contributed by atoms with Gasteiger partial charge in [0.05, 0.1) is 23.7 Å². The molecule has 0 saturated carbocycles. The van der Waals surface area contributed by atoms with E-state index >= 15 is 0 Å². The molecule has 1 aliphatic rings. The molecular weight excluding hydrogens is 228 g/mol. The maximum atomic E-state index is 9.69. The number of hydrogen-bond donors (Lipinski definition) is 2. The number of hydrogen-bond acceptors (Lipinski definition) is 4. The van der Waals surface area contributed by atoms with Crippen LogP contribution in [0.2, 0.25) is 0 Å². The fraction of sp³-hybridized carbons (Fsp3) is 0.643. The summed E-state index contributed by atoms with van der Waals surface area (Å²) in [5.41, 5.74) is 1.85. The van der Waals surface area contributed by atoms with Gasteiger partial charge >= 0.3 is 0 Å². The summed E-state index contributed by atoms with van der Waals surface area (Å²) in [5, 5.41) is 18.8. The average Bonchev–Trinajstić information content (AvgIpc) is 2.47. The van der Waals surface area contributed by atoms with E-state index in [1.807, 2.05) is 25.3 Å². The number of nitrogens with zero attached hydrogens (tertiary/aromatic N) is 2. The van der Waals surface area contributed by atoms with Gasteiger partial charge in [-0.2, -0.15) is 0 Å². The van der Waals surface area contributed by atoms with Crippen molar-refractivity contribution in [3.05, 3.63) is 24.0 Å². The summed E-state index contributed by atoms with van der Waals surface area (Å²) >= 11 is 0. The fourth-order valence-electron chi connectivity index (χ4n) is 2.36. The predicted octanol–water partition coefficient (Wildman–Crippen LogP) is 1.73. The first kappa shape index (κ1) is 13.3. The van der Waals surface area contributed by atoms with E-state index in [0.717, 1.165) is 37.3 Å². The first-order chi connectivity index (χ1) is 8.74. The highest BCUT2D eigenvalue weighted by Crippen LogP contribution is 2.23. The highest BCUT2D eigenvalue weighted by Gasteiger charge is 2.19. The Morgan fingerprint density at radius 1 is 1.39 bits per heavy atom.